The van der Waals surface area contributed by atoms with E-state index in [1.54, 1.807) is 42.5 Å². The number of hydrogen-bond donors (Lipinski definition) is 1. The lowest BCUT2D eigenvalue weighted by Gasteiger charge is -2.26. The summed E-state index contributed by atoms with van der Waals surface area (Å²) >= 11 is 0. The smallest absolute Gasteiger partial charge is 0.342 e. The van der Waals surface area contributed by atoms with Crippen LogP contribution in [0.1, 0.15) is 10.4 Å². The molecule has 1 atom stereocenters. The fourth-order valence-corrected chi connectivity index (χ4v) is 2.99. The number of amides is 1. The summed E-state index contributed by atoms with van der Waals surface area (Å²) in [6, 6.07) is 23.2. The van der Waals surface area contributed by atoms with Gasteiger partial charge in [0.15, 0.2) is 18.1 Å². The third-order valence-corrected chi connectivity index (χ3v) is 4.51. The fraction of sp³-hybridized carbons (Fsp3) is 0.167. The Labute approximate surface area is 179 Å². The van der Waals surface area contributed by atoms with Gasteiger partial charge in [0.05, 0.1) is 6.54 Å². The Morgan fingerprint density at radius 1 is 0.903 bits per heavy atom. The molecule has 0 saturated carbocycles. The number of rotatable bonds is 7. The second kappa shape index (κ2) is 9.67. The molecule has 1 amide bonds. The molecule has 7 nitrogen and oxygen atoms in total. The monoisotopic (exact) mass is 419 g/mol. The molecular formula is C24H21NO6. The van der Waals surface area contributed by atoms with E-state index < -0.39 is 18.5 Å². The van der Waals surface area contributed by atoms with Gasteiger partial charge in [-0.3, -0.25) is 4.79 Å². The highest BCUT2D eigenvalue weighted by Gasteiger charge is 2.21. The lowest BCUT2D eigenvalue weighted by molar-refractivity contribution is -0.124. The molecule has 0 saturated heterocycles. The first-order chi connectivity index (χ1) is 15.2. The summed E-state index contributed by atoms with van der Waals surface area (Å²) in [5, 5.41) is 2.69. The Bertz CT molecular complexity index is 1050. The minimum absolute atomic E-state index is 0.235. The first-order valence-corrected chi connectivity index (χ1v) is 9.83. The van der Waals surface area contributed by atoms with Crippen molar-refractivity contribution in [1.82, 2.24) is 5.32 Å². The zero-order valence-corrected chi connectivity index (χ0v) is 16.7. The first kappa shape index (κ1) is 20.3. The normalized spacial score (nSPS) is 14.4. The number of ether oxygens (including phenoxy) is 4. The van der Waals surface area contributed by atoms with Gasteiger partial charge in [-0.15, -0.1) is 0 Å². The zero-order chi connectivity index (χ0) is 21.5. The third-order valence-electron chi connectivity index (χ3n) is 4.51. The SMILES string of the molecule is O=C(COC(=O)c1ccccc1Oc1ccccc1)NC[C@@H]1COc2ccccc2O1. The topological polar surface area (TPSA) is 83.1 Å². The molecule has 0 bridgehead atoms. The second-order valence-electron chi connectivity index (χ2n) is 6.79. The van der Waals surface area contributed by atoms with Crippen molar-refractivity contribution >= 4 is 11.9 Å². The van der Waals surface area contributed by atoms with E-state index in [2.05, 4.69) is 5.32 Å². The van der Waals surface area contributed by atoms with Crippen LogP contribution in [0, 0.1) is 0 Å². The van der Waals surface area contributed by atoms with Crippen LogP contribution in [0.15, 0.2) is 78.9 Å². The van der Waals surface area contributed by atoms with Crippen LogP contribution < -0.4 is 19.5 Å². The molecule has 3 aromatic rings. The highest BCUT2D eigenvalue weighted by atomic mass is 16.6. The maximum Gasteiger partial charge on any atom is 0.342 e. The van der Waals surface area contributed by atoms with Gasteiger partial charge in [-0.2, -0.15) is 0 Å². The van der Waals surface area contributed by atoms with Crippen molar-refractivity contribution in [3.63, 3.8) is 0 Å². The number of para-hydroxylation sites is 4. The van der Waals surface area contributed by atoms with E-state index >= 15 is 0 Å². The van der Waals surface area contributed by atoms with Crippen molar-refractivity contribution in [3.05, 3.63) is 84.4 Å². The number of esters is 1. The molecule has 1 aliphatic rings. The van der Waals surface area contributed by atoms with Gasteiger partial charge in [0.25, 0.3) is 5.91 Å². The lowest BCUT2D eigenvalue weighted by atomic mass is 10.2. The number of fused-ring (bicyclic) bond motifs is 1. The van der Waals surface area contributed by atoms with Crippen molar-refractivity contribution in [1.29, 1.82) is 0 Å². The summed E-state index contributed by atoms with van der Waals surface area (Å²) < 4.78 is 22.3. The largest absolute Gasteiger partial charge is 0.486 e. The molecule has 31 heavy (non-hydrogen) atoms. The summed E-state index contributed by atoms with van der Waals surface area (Å²) in [6.45, 7) is 0.141. The quantitative estimate of drug-likeness (QED) is 0.590. The standard InChI is InChI=1S/C24H21NO6/c26-23(25-14-18-15-28-21-12-6-7-13-22(21)31-18)16-29-24(27)19-10-4-5-11-20(19)30-17-8-2-1-3-9-17/h1-13,18H,14-16H2,(H,25,26)/t18-/m1/s1. The van der Waals surface area contributed by atoms with Gasteiger partial charge >= 0.3 is 5.97 Å². The van der Waals surface area contributed by atoms with E-state index in [1.807, 2.05) is 36.4 Å². The van der Waals surface area contributed by atoms with Crippen molar-refractivity contribution in [2.24, 2.45) is 0 Å². The number of hydrogen-bond acceptors (Lipinski definition) is 6. The number of nitrogens with one attached hydrogen (secondary N) is 1. The first-order valence-electron chi connectivity index (χ1n) is 9.83. The van der Waals surface area contributed by atoms with Gasteiger partial charge in [0.2, 0.25) is 0 Å². The van der Waals surface area contributed by atoms with Crippen LogP contribution >= 0.6 is 0 Å². The lowest BCUT2D eigenvalue weighted by Crippen LogP contribution is -2.42. The van der Waals surface area contributed by atoms with E-state index in [1.165, 1.54) is 0 Å². The molecule has 0 aliphatic carbocycles. The van der Waals surface area contributed by atoms with Gasteiger partial charge in [-0.05, 0) is 36.4 Å². The maximum atomic E-state index is 12.5. The number of benzene rings is 3. The molecule has 0 fully saturated rings. The van der Waals surface area contributed by atoms with Crippen LogP contribution in [-0.2, 0) is 9.53 Å². The Balaban J connectivity index is 1.27. The van der Waals surface area contributed by atoms with Gasteiger partial charge < -0.3 is 24.3 Å². The molecule has 0 spiro atoms. The number of carbonyl (C=O) groups is 2. The fourth-order valence-electron chi connectivity index (χ4n) is 2.99. The minimum atomic E-state index is -0.646. The van der Waals surface area contributed by atoms with E-state index in [0.29, 0.717) is 29.6 Å². The average Bonchev–Trinajstić information content (AvgIpc) is 2.82. The highest BCUT2D eigenvalue weighted by molar-refractivity contribution is 5.94. The minimum Gasteiger partial charge on any atom is -0.486 e. The van der Waals surface area contributed by atoms with Crippen LogP contribution in [0.2, 0.25) is 0 Å². The van der Waals surface area contributed by atoms with E-state index in [9.17, 15) is 9.59 Å². The van der Waals surface area contributed by atoms with Gasteiger partial charge in [0.1, 0.15) is 29.8 Å². The summed E-state index contributed by atoms with van der Waals surface area (Å²) in [5.74, 6) is 1.18. The number of carbonyl (C=O) groups excluding carboxylic acids is 2. The van der Waals surface area contributed by atoms with Gasteiger partial charge in [0, 0.05) is 0 Å². The van der Waals surface area contributed by atoms with Crippen LogP contribution in [0.3, 0.4) is 0 Å². The van der Waals surface area contributed by atoms with E-state index in [-0.39, 0.29) is 18.2 Å². The second-order valence-corrected chi connectivity index (χ2v) is 6.79. The van der Waals surface area contributed by atoms with E-state index in [0.717, 1.165) is 0 Å². The van der Waals surface area contributed by atoms with Gasteiger partial charge in [-0.1, -0.05) is 42.5 Å². The molecule has 158 valence electrons. The molecule has 0 radical (unpaired) electrons. The molecule has 1 heterocycles. The van der Waals surface area contributed by atoms with Crippen LogP contribution in [0.4, 0.5) is 0 Å². The highest BCUT2D eigenvalue weighted by Crippen LogP contribution is 2.30. The molecule has 1 aliphatic heterocycles. The summed E-state index contributed by atoms with van der Waals surface area (Å²) in [6.07, 6.45) is -0.324. The third kappa shape index (κ3) is 5.33. The zero-order valence-electron chi connectivity index (χ0n) is 16.7. The van der Waals surface area contributed by atoms with Crippen LogP contribution in [-0.4, -0.2) is 37.7 Å². The summed E-state index contributed by atoms with van der Waals surface area (Å²) in [7, 11) is 0. The molecule has 3 aromatic carbocycles. The molecule has 1 N–H and O–H groups in total. The summed E-state index contributed by atoms with van der Waals surface area (Å²) in [4.78, 5) is 24.6. The Hall–Kier alpha value is -4.00. The molecule has 0 aromatic heterocycles. The van der Waals surface area contributed by atoms with Crippen LogP contribution in [0.25, 0.3) is 0 Å². The molecular weight excluding hydrogens is 398 g/mol. The van der Waals surface area contributed by atoms with E-state index in [4.69, 9.17) is 18.9 Å². The van der Waals surface area contributed by atoms with Crippen molar-refractivity contribution in [2.45, 2.75) is 6.10 Å². The molecule has 7 heteroatoms. The Morgan fingerprint density at radius 2 is 1.61 bits per heavy atom. The predicted octanol–water partition coefficient (Wildman–Crippen LogP) is 3.59. The molecule has 4 rings (SSSR count). The van der Waals surface area contributed by atoms with Crippen LogP contribution in [0.5, 0.6) is 23.0 Å². The summed E-state index contributed by atoms with van der Waals surface area (Å²) in [5.41, 5.74) is 0.236. The molecule has 0 unspecified atom stereocenters. The Kier molecular flexibility index (Phi) is 6.32. The van der Waals surface area contributed by atoms with Crippen molar-refractivity contribution in [2.75, 3.05) is 19.8 Å². The van der Waals surface area contributed by atoms with Crippen molar-refractivity contribution < 1.29 is 28.5 Å². The maximum absolute atomic E-state index is 12.5. The van der Waals surface area contributed by atoms with Crippen molar-refractivity contribution in [3.8, 4) is 23.0 Å². The Morgan fingerprint density at radius 3 is 2.45 bits per heavy atom. The predicted molar refractivity (Wildman–Crippen MR) is 113 cm³/mol. The average molecular weight is 419 g/mol. The van der Waals surface area contributed by atoms with Gasteiger partial charge in [-0.25, -0.2) is 4.79 Å².